The number of nitrogens with zero attached hydrogens (tertiary/aromatic N) is 1. The van der Waals surface area contributed by atoms with Crippen LogP contribution in [0.15, 0.2) is 24.3 Å². The van der Waals surface area contributed by atoms with Crippen LogP contribution >= 0.6 is 0 Å². The van der Waals surface area contributed by atoms with Gasteiger partial charge in [0.25, 0.3) is 0 Å². The maximum atomic E-state index is 12.7. The monoisotopic (exact) mass is 330 g/mol. The number of likely N-dealkylation sites (tertiary alicyclic amines) is 1. The van der Waals surface area contributed by atoms with Gasteiger partial charge >= 0.3 is 0 Å². The lowest BCUT2D eigenvalue weighted by molar-refractivity contribution is -0.127. The molecule has 1 atom stereocenters. The molecule has 0 bridgehead atoms. The van der Waals surface area contributed by atoms with E-state index in [4.69, 9.17) is 4.74 Å². The molecule has 3 rings (SSSR count). The van der Waals surface area contributed by atoms with E-state index in [9.17, 15) is 4.79 Å². The molecule has 1 amide bonds. The van der Waals surface area contributed by atoms with E-state index < -0.39 is 0 Å². The highest BCUT2D eigenvalue weighted by atomic mass is 16.5. The summed E-state index contributed by atoms with van der Waals surface area (Å²) in [6.07, 6.45) is 8.14. The Balaban J connectivity index is 1.68. The minimum absolute atomic E-state index is 0.0491. The first-order valence-corrected chi connectivity index (χ1v) is 9.27. The van der Waals surface area contributed by atoms with Crippen molar-refractivity contribution >= 4 is 5.91 Å². The van der Waals surface area contributed by atoms with Gasteiger partial charge in [-0.05, 0) is 57.0 Å². The van der Waals surface area contributed by atoms with Gasteiger partial charge in [0, 0.05) is 12.0 Å². The second-order valence-corrected chi connectivity index (χ2v) is 7.43. The Morgan fingerprint density at radius 2 is 1.92 bits per heavy atom. The molecule has 1 aliphatic heterocycles. The number of nitrogens with one attached hydrogen (secondary N) is 1. The summed E-state index contributed by atoms with van der Waals surface area (Å²) in [6.45, 7) is 1.78. The van der Waals surface area contributed by atoms with Crippen LogP contribution in [0.25, 0.3) is 0 Å². The third-order valence-corrected chi connectivity index (χ3v) is 5.94. The van der Waals surface area contributed by atoms with Crippen LogP contribution in [0.1, 0.15) is 50.5 Å². The van der Waals surface area contributed by atoms with Crippen LogP contribution in [-0.2, 0) is 10.2 Å². The van der Waals surface area contributed by atoms with E-state index in [1.54, 1.807) is 7.11 Å². The van der Waals surface area contributed by atoms with Crippen LogP contribution in [0.5, 0.6) is 5.75 Å². The zero-order valence-corrected chi connectivity index (χ0v) is 15.0. The van der Waals surface area contributed by atoms with Crippen LogP contribution < -0.4 is 10.1 Å². The fraction of sp³-hybridized carbons (Fsp3) is 0.650. The normalized spacial score (nSPS) is 23.8. The first kappa shape index (κ1) is 17.3. The standard InChI is InChI=1S/C20H30N2O2/c1-22-14-6-3-7-18(22)19(23)21-15-20(12-4-5-13-20)16-8-10-17(24-2)11-9-16/h8-11,18H,3-7,12-15H2,1-2H3,(H,21,23)/t18-/m1/s1. The summed E-state index contributed by atoms with van der Waals surface area (Å²) in [6, 6.07) is 8.46. The molecular weight excluding hydrogens is 300 g/mol. The number of likely N-dealkylation sites (N-methyl/N-ethyl adjacent to an activating group) is 1. The highest BCUT2D eigenvalue weighted by molar-refractivity contribution is 5.81. The van der Waals surface area contributed by atoms with Crippen LogP contribution in [0.4, 0.5) is 0 Å². The van der Waals surface area contributed by atoms with E-state index in [-0.39, 0.29) is 17.4 Å². The second-order valence-electron chi connectivity index (χ2n) is 7.43. The molecule has 1 aromatic carbocycles. The number of methoxy groups -OCH3 is 1. The van der Waals surface area contributed by atoms with Crippen molar-refractivity contribution in [3.63, 3.8) is 0 Å². The fourth-order valence-corrected chi connectivity index (χ4v) is 4.34. The molecule has 2 aliphatic rings. The van der Waals surface area contributed by atoms with E-state index in [1.807, 2.05) is 12.1 Å². The summed E-state index contributed by atoms with van der Waals surface area (Å²) in [7, 11) is 3.76. The molecule has 1 saturated heterocycles. The third kappa shape index (κ3) is 3.59. The molecule has 1 heterocycles. The van der Waals surface area contributed by atoms with Gasteiger partial charge in [0.05, 0.1) is 13.2 Å². The average molecular weight is 330 g/mol. The molecule has 1 saturated carbocycles. The van der Waals surface area contributed by atoms with Gasteiger partial charge in [0.15, 0.2) is 0 Å². The Morgan fingerprint density at radius 3 is 2.54 bits per heavy atom. The minimum Gasteiger partial charge on any atom is -0.497 e. The molecule has 2 fully saturated rings. The van der Waals surface area contributed by atoms with Crippen LogP contribution in [0, 0.1) is 0 Å². The molecular formula is C20H30N2O2. The lowest BCUT2D eigenvalue weighted by atomic mass is 9.78. The van der Waals surface area contributed by atoms with Gasteiger partial charge in [0.2, 0.25) is 5.91 Å². The second kappa shape index (κ2) is 7.56. The van der Waals surface area contributed by atoms with Crippen molar-refractivity contribution < 1.29 is 9.53 Å². The van der Waals surface area contributed by atoms with Crippen molar-refractivity contribution in [2.24, 2.45) is 0 Å². The predicted octanol–water partition coefficient (Wildman–Crippen LogP) is 3.11. The van der Waals surface area contributed by atoms with Gasteiger partial charge in [-0.3, -0.25) is 9.69 Å². The molecule has 24 heavy (non-hydrogen) atoms. The lowest BCUT2D eigenvalue weighted by Crippen LogP contribution is -2.50. The molecule has 1 aliphatic carbocycles. The van der Waals surface area contributed by atoms with Crippen molar-refractivity contribution in [3.8, 4) is 5.75 Å². The number of ether oxygens (including phenoxy) is 1. The van der Waals surface area contributed by atoms with Crippen molar-refractivity contribution in [3.05, 3.63) is 29.8 Å². The highest BCUT2D eigenvalue weighted by Gasteiger charge is 2.37. The largest absolute Gasteiger partial charge is 0.497 e. The van der Waals surface area contributed by atoms with Gasteiger partial charge in [-0.1, -0.05) is 31.4 Å². The molecule has 4 nitrogen and oxygen atoms in total. The number of piperidine rings is 1. The molecule has 0 radical (unpaired) electrons. The van der Waals surface area contributed by atoms with Gasteiger partial charge in [-0.2, -0.15) is 0 Å². The smallest absolute Gasteiger partial charge is 0.237 e. The number of amides is 1. The van der Waals surface area contributed by atoms with E-state index in [1.165, 1.54) is 24.8 Å². The van der Waals surface area contributed by atoms with Gasteiger partial charge in [0.1, 0.15) is 5.75 Å². The Bertz CT molecular complexity index is 549. The topological polar surface area (TPSA) is 41.6 Å². The first-order chi connectivity index (χ1) is 11.6. The summed E-state index contributed by atoms with van der Waals surface area (Å²) in [5, 5.41) is 3.28. The van der Waals surface area contributed by atoms with Crippen LogP contribution in [0.3, 0.4) is 0 Å². The third-order valence-electron chi connectivity index (χ3n) is 5.94. The highest BCUT2D eigenvalue weighted by Crippen LogP contribution is 2.41. The van der Waals surface area contributed by atoms with Crippen molar-refractivity contribution in [1.82, 2.24) is 10.2 Å². The number of carbonyl (C=O) groups is 1. The number of benzene rings is 1. The first-order valence-electron chi connectivity index (χ1n) is 9.27. The molecule has 0 aromatic heterocycles. The predicted molar refractivity (Wildman–Crippen MR) is 96.4 cm³/mol. The van der Waals surface area contributed by atoms with Crippen molar-refractivity contribution in [2.75, 3.05) is 27.2 Å². The maximum absolute atomic E-state index is 12.7. The summed E-state index contributed by atoms with van der Waals surface area (Å²) >= 11 is 0. The van der Waals surface area contributed by atoms with Crippen LogP contribution in [-0.4, -0.2) is 44.1 Å². The molecule has 1 N–H and O–H groups in total. The lowest BCUT2D eigenvalue weighted by Gasteiger charge is -2.34. The Kier molecular flexibility index (Phi) is 5.44. The van der Waals surface area contributed by atoms with E-state index in [0.29, 0.717) is 0 Å². The average Bonchev–Trinajstić information content (AvgIpc) is 3.10. The summed E-state index contributed by atoms with van der Waals surface area (Å²) in [4.78, 5) is 14.9. The molecule has 4 heteroatoms. The Morgan fingerprint density at radius 1 is 1.21 bits per heavy atom. The molecule has 0 unspecified atom stereocenters. The maximum Gasteiger partial charge on any atom is 0.237 e. The molecule has 0 spiro atoms. The number of hydrogen-bond acceptors (Lipinski definition) is 3. The van der Waals surface area contributed by atoms with E-state index in [2.05, 4.69) is 29.4 Å². The van der Waals surface area contributed by atoms with E-state index >= 15 is 0 Å². The van der Waals surface area contributed by atoms with Crippen LogP contribution in [0.2, 0.25) is 0 Å². The summed E-state index contributed by atoms with van der Waals surface area (Å²) in [5.74, 6) is 1.09. The van der Waals surface area contributed by atoms with E-state index in [0.717, 1.165) is 44.5 Å². The SMILES string of the molecule is COc1ccc(C2(CNC(=O)[C@H]3CCCCN3C)CCCC2)cc1. The Hall–Kier alpha value is -1.55. The minimum atomic E-state index is 0.0491. The van der Waals surface area contributed by atoms with Gasteiger partial charge < -0.3 is 10.1 Å². The van der Waals surface area contributed by atoms with Crippen molar-refractivity contribution in [2.45, 2.75) is 56.4 Å². The van der Waals surface area contributed by atoms with Gasteiger partial charge in [-0.25, -0.2) is 0 Å². The van der Waals surface area contributed by atoms with Crippen molar-refractivity contribution in [1.29, 1.82) is 0 Å². The fourth-order valence-electron chi connectivity index (χ4n) is 4.34. The Labute approximate surface area is 145 Å². The zero-order chi connectivity index (χ0) is 17.0. The zero-order valence-electron chi connectivity index (χ0n) is 15.0. The molecule has 132 valence electrons. The number of hydrogen-bond donors (Lipinski definition) is 1. The number of rotatable bonds is 5. The summed E-state index contributed by atoms with van der Waals surface area (Å²) < 4.78 is 5.28. The number of carbonyl (C=O) groups excluding carboxylic acids is 1. The molecule has 1 aromatic rings. The summed E-state index contributed by atoms with van der Waals surface area (Å²) in [5.41, 5.74) is 1.42. The van der Waals surface area contributed by atoms with Gasteiger partial charge in [-0.15, -0.1) is 0 Å². The quantitative estimate of drug-likeness (QED) is 0.902.